The number of carbonyl (C=O) groups excluding carboxylic acids is 2. The Morgan fingerprint density at radius 1 is 1.00 bits per heavy atom. The number of amides is 2. The van der Waals surface area contributed by atoms with Gasteiger partial charge in [0.05, 0.1) is 0 Å². The molecule has 0 aliphatic rings. The van der Waals surface area contributed by atoms with Crippen LogP contribution in [0.5, 0.6) is 0 Å². The number of carbonyl (C=O) groups is 2. The highest BCUT2D eigenvalue weighted by molar-refractivity contribution is 6.15. The van der Waals surface area contributed by atoms with Crippen LogP contribution in [0.4, 0.5) is 11.4 Å². The molecule has 2 amide bonds. The predicted molar refractivity (Wildman–Crippen MR) is 107 cm³/mol. The van der Waals surface area contributed by atoms with Crippen LogP contribution >= 0.6 is 0 Å². The van der Waals surface area contributed by atoms with Gasteiger partial charge in [-0.2, -0.15) is 0 Å². The summed E-state index contributed by atoms with van der Waals surface area (Å²) in [6, 6.07) is 17.2. The van der Waals surface area contributed by atoms with Gasteiger partial charge in [0.1, 0.15) is 5.41 Å². The van der Waals surface area contributed by atoms with Crippen molar-refractivity contribution in [3.05, 3.63) is 60.2 Å². The number of hydrogen-bond donors (Lipinski definition) is 1. The van der Waals surface area contributed by atoms with Gasteiger partial charge in [-0.1, -0.05) is 50.2 Å². The normalized spacial score (nSPS) is 11.3. The Labute approximate surface area is 156 Å². The number of hydrogen-bond acceptors (Lipinski definition) is 2. The Morgan fingerprint density at radius 3 is 2.15 bits per heavy atom. The summed E-state index contributed by atoms with van der Waals surface area (Å²) in [5.41, 5.74) is 1.43. The SMILES string of the molecule is CCN(C(=O)C(C)(C)C(=O)Nc1ccccc1C(C)C)c1ccccc1. The summed E-state index contributed by atoms with van der Waals surface area (Å²) in [5, 5.41) is 2.96. The molecule has 0 heterocycles. The van der Waals surface area contributed by atoms with Crippen LogP contribution < -0.4 is 10.2 Å². The zero-order valence-corrected chi connectivity index (χ0v) is 16.2. The van der Waals surface area contributed by atoms with Gasteiger partial charge < -0.3 is 10.2 Å². The van der Waals surface area contributed by atoms with Crippen molar-refractivity contribution in [1.29, 1.82) is 0 Å². The van der Waals surface area contributed by atoms with E-state index in [1.54, 1.807) is 18.7 Å². The fourth-order valence-corrected chi connectivity index (χ4v) is 2.88. The first-order chi connectivity index (χ1) is 12.3. The lowest BCUT2D eigenvalue weighted by molar-refractivity contribution is -0.136. The minimum absolute atomic E-state index is 0.217. The average Bonchev–Trinajstić information content (AvgIpc) is 2.63. The molecule has 0 unspecified atom stereocenters. The van der Waals surface area contributed by atoms with Crippen molar-refractivity contribution in [2.45, 2.75) is 40.5 Å². The van der Waals surface area contributed by atoms with Crippen LogP contribution in [0.2, 0.25) is 0 Å². The zero-order valence-electron chi connectivity index (χ0n) is 16.2. The third-order valence-corrected chi connectivity index (χ3v) is 4.56. The lowest BCUT2D eigenvalue weighted by Crippen LogP contribution is -2.47. The molecule has 1 N–H and O–H groups in total. The van der Waals surface area contributed by atoms with Crippen LogP contribution in [-0.4, -0.2) is 18.4 Å². The summed E-state index contributed by atoms with van der Waals surface area (Å²) >= 11 is 0. The molecular weight excluding hydrogens is 324 g/mol. The van der Waals surface area contributed by atoms with Gasteiger partial charge in [0.15, 0.2) is 0 Å². The van der Waals surface area contributed by atoms with Crippen LogP contribution in [0.1, 0.15) is 46.1 Å². The van der Waals surface area contributed by atoms with Gasteiger partial charge in [-0.3, -0.25) is 9.59 Å². The van der Waals surface area contributed by atoms with E-state index in [-0.39, 0.29) is 17.7 Å². The molecule has 0 radical (unpaired) electrons. The van der Waals surface area contributed by atoms with Crippen LogP contribution in [-0.2, 0) is 9.59 Å². The third-order valence-electron chi connectivity index (χ3n) is 4.56. The Kier molecular flexibility index (Phi) is 6.19. The highest BCUT2D eigenvalue weighted by Gasteiger charge is 2.39. The molecule has 0 bridgehead atoms. The largest absolute Gasteiger partial charge is 0.325 e. The molecule has 0 spiro atoms. The Hall–Kier alpha value is -2.62. The molecule has 2 rings (SSSR count). The fourth-order valence-electron chi connectivity index (χ4n) is 2.88. The van der Waals surface area contributed by atoms with E-state index in [2.05, 4.69) is 19.2 Å². The van der Waals surface area contributed by atoms with Crippen LogP contribution in [0.3, 0.4) is 0 Å². The highest BCUT2D eigenvalue weighted by atomic mass is 16.2. The van der Waals surface area contributed by atoms with Crippen molar-refractivity contribution in [3.8, 4) is 0 Å². The Balaban J connectivity index is 2.25. The lowest BCUT2D eigenvalue weighted by atomic mass is 9.89. The molecule has 0 saturated heterocycles. The first kappa shape index (κ1) is 19.7. The standard InChI is InChI=1S/C22H28N2O2/c1-6-24(17-12-8-7-9-13-17)21(26)22(4,5)20(25)23-19-15-11-10-14-18(19)16(2)3/h7-16H,6H2,1-5H3,(H,23,25). The Bertz CT molecular complexity index is 767. The van der Waals surface area contributed by atoms with E-state index in [1.807, 2.05) is 61.5 Å². The molecule has 0 atom stereocenters. The van der Waals surface area contributed by atoms with E-state index in [0.717, 1.165) is 16.9 Å². The van der Waals surface area contributed by atoms with Gasteiger partial charge in [0, 0.05) is 17.9 Å². The minimum atomic E-state index is -1.18. The molecule has 0 aliphatic carbocycles. The van der Waals surface area contributed by atoms with Gasteiger partial charge >= 0.3 is 0 Å². The molecule has 0 saturated carbocycles. The zero-order chi connectivity index (χ0) is 19.3. The average molecular weight is 352 g/mol. The quantitative estimate of drug-likeness (QED) is 0.757. The smallest absolute Gasteiger partial charge is 0.242 e. The summed E-state index contributed by atoms with van der Waals surface area (Å²) in [6.45, 7) is 9.92. The highest BCUT2D eigenvalue weighted by Crippen LogP contribution is 2.28. The third kappa shape index (κ3) is 4.13. The summed E-state index contributed by atoms with van der Waals surface area (Å²) in [4.78, 5) is 27.7. The predicted octanol–water partition coefficient (Wildman–Crippen LogP) is 4.83. The summed E-state index contributed by atoms with van der Waals surface area (Å²) in [7, 11) is 0. The van der Waals surface area contributed by atoms with Crippen molar-refractivity contribution in [2.75, 3.05) is 16.8 Å². The molecule has 0 fully saturated rings. The first-order valence-electron chi connectivity index (χ1n) is 9.06. The van der Waals surface area contributed by atoms with Crippen LogP contribution in [0.15, 0.2) is 54.6 Å². The van der Waals surface area contributed by atoms with Gasteiger partial charge in [-0.05, 0) is 50.5 Å². The molecule has 4 heteroatoms. The second-order valence-electron chi connectivity index (χ2n) is 7.21. The van der Waals surface area contributed by atoms with E-state index in [1.165, 1.54) is 0 Å². The van der Waals surface area contributed by atoms with Crippen LogP contribution in [0, 0.1) is 5.41 Å². The second kappa shape index (κ2) is 8.17. The second-order valence-corrected chi connectivity index (χ2v) is 7.21. The molecule has 0 aromatic heterocycles. The van der Waals surface area contributed by atoms with Crippen molar-refractivity contribution in [3.63, 3.8) is 0 Å². The van der Waals surface area contributed by atoms with Crippen LogP contribution in [0.25, 0.3) is 0 Å². The monoisotopic (exact) mass is 352 g/mol. The van der Waals surface area contributed by atoms with E-state index in [4.69, 9.17) is 0 Å². The van der Waals surface area contributed by atoms with E-state index in [9.17, 15) is 9.59 Å². The summed E-state index contributed by atoms with van der Waals surface area (Å²) < 4.78 is 0. The van der Waals surface area contributed by atoms with E-state index >= 15 is 0 Å². The molecule has 2 aromatic carbocycles. The van der Waals surface area contributed by atoms with Gasteiger partial charge in [-0.15, -0.1) is 0 Å². The van der Waals surface area contributed by atoms with Gasteiger partial charge in [-0.25, -0.2) is 0 Å². The molecule has 26 heavy (non-hydrogen) atoms. The fraction of sp³-hybridized carbons (Fsp3) is 0.364. The summed E-state index contributed by atoms with van der Waals surface area (Å²) in [5.74, 6) is -0.238. The number of rotatable bonds is 6. The minimum Gasteiger partial charge on any atom is -0.325 e. The van der Waals surface area contributed by atoms with Gasteiger partial charge in [0.2, 0.25) is 11.8 Å². The van der Waals surface area contributed by atoms with Gasteiger partial charge in [0.25, 0.3) is 0 Å². The topological polar surface area (TPSA) is 49.4 Å². The molecular formula is C22H28N2O2. The van der Waals surface area contributed by atoms with Crippen molar-refractivity contribution < 1.29 is 9.59 Å². The number of nitrogens with zero attached hydrogens (tertiary/aromatic N) is 1. The number of benzene rings is 2. The summed E-state index contributed by atoms with van der Waals surface area (Å²) in [6.07, 6.45) is 0. The number of nitrogens with one attached hydrogen (secondary N) is 1. The van der Waals surface area contributed by atoms with Crippen molar-refractivity contribution >= 4 is 23.2 Å². The molecule has 0 aliphatic heterocycles. The lowest BCUT2D eigenvalue weighted by Gasteiger charge is -2.30. The first-order valence-corrected chi connectivity index (χ1v) is 9.06. The van der Waals surface area contributed by atoms with Crippen molar-refractivity contribution in [2.24, 2.45) is 5.41 Å². The molecule has 4 nitrogen and oxygen atoms in total. The van der Waals surface area contributed by atoms with E-state index in [0.29, 0.717) is 6.54 Å². The van der Waals surface area contributed by atoms with E-state index < -0.39 is 5.41 Å². The van der Waals surface area contributed by atoms with Crippen molar-refractivity contribution in [1.82, 2.24) is 0 Å². The molecule has 2 aromatic rings. The number of anilines is 2. The maximum atomic E-state index is 13.1. The maximum Gasteiger partial charge on any atom is 0.242 e. The Morgan fingerprint density at radius 2 is 1.58 bits per heavy atom. The number of para-hydroxylation sites is 2. The molecule has 138 valence electrons. The maximum absolute atomic E-state index is 13.1.